The second-order valence-corrected chi connectivity index (χ2v) is 2.32. The van der Waals surface area contributed by atoms with Crippen LogP contribution in [0, 0.1) is 0 Å². The summed E-state index contributed by atoms with van der Waals surface area (Å²) < 4.78 is 4.68. The van der Waals surface area contributed by atoms with Gasteiger partial charge in [-0.25, -0.2) is 9.78 Å². The maximum atomic E-state index is 11.1. The predicted octanol–water partition coefficient (Wildman–Crippen LogP) is 0.546. The van der Waals surface area contributed by atoms with Crippen molar-refractivity contribution >= 4 is 11.8 Å². The molecule has 0 spiro atoms. The molecular weight excluding hydrogens is 172 g/mol. The molecule has 1 aromatic rings. The lowest BCUT2D eigenvalue weighted by atomic mass is 10.3. The van der Waals surface area contributed by atoms with Gasteiger partial charge in [-0.15, -0.1) is 0 Å². The lowest BCUT2D eigenvalue weighted by Crippen LogP contribution is -2.08. The van der Waals surface area contributed by atoms with Crippen LogP contribution in [0.15, 0.2) is 12.1 Å². The van der Waals surface area contributed by atoms with E-state index in [0.717, 1.165) is 0 Å². The summed E-state index contributed by atoms with van der Waals surface area (Å²) in [5.74, 6) is -0.771. The summed E-state index contributed by atoms with van der Waals surface area (Å²) >= 11 is 0. The van der Waals surface area contributed by atoms with Crippen LogP contribution in [0.1, 0.15) is 17.4 Å². The van der Waals surface area contributed by atoms with E-state index >= 15 is 0 Å². The number of rotatable bonds is 2. The molecule has 0 aliphatic carbocycles. The predicted molar refractivity (Wildman–Crippen MR) is 46.3 cm³/mol. The monoisotopic (exact) mass is 182 g/mol. The topological polar surface area (TPSA) is 85.4 Å². The molecule has 1 heterocycles. The van der Waals surface area contributed by atoms with Gasteiger partial charge in [-0.3, -0.25) is 0 Å². The molecule has 0 amide bonds. The number of pyridine rings is 1. The second kappa shape index (κ2) is 3.75. The first-order valence-electron chi connectivity index (χ1n) is 3.77. The minimum Gasteiger partial charge on any atom is -0.504 e. The second-order valence-electron chi connectivity index (χ2n) is 2.32. The number of nitrogen functional groups attached to an aromatic ring is 1. The number of nitrogens with two attached hydrogens (primary N) is 1. The van der Waals surface area contributed by atoms with Gasteiger partial charge in [0.25, 0.3) is 0 Å². The Morgan fingerprint density at radius 1 is 1.69 bits per heavy atom. The van der Waals surface area contributed by atoms with Crippen molar-refractivity contribution in [1.82, 2.24) is 4.98 Å². The van der Waals surface area contributed by atoms with E-state index in [1.54, 1.807) is 6.92 Å². The number of esters is 1. The van der Waals surface area contributed by atoms with Gasteiger partial charge in [-0.1, -0.05) is 0 Å². The van der Waals surface area contributed by atoms with Crippen LogP contribution in [0.4, 0.5) is 5.82 Å². The standard InChI is InChI=1S/C8H10N2O3/c1-2-13-8(12)5-3-4-6(11)7(9)10-5/h3-4,11H,2H2,1H3,(H2,9,10). The summed E-state index contributed by atoms with van der Waals surface area (Å²) in [6.45, 7) is 1.98. The quantitative estimate of drug-likeness (QED) is 0.652. The van der Waals surface area contributed by atoms with Crippen molar-refractivity contribution in [2.75, 3.05) is 12.3 Å². The molecule has 5 nitrogen and oxygen atoms in total. The smallest absolute Gasteiger partial charge is 0.357 e. The zero-order valence-corrected chi connectivity index (χ0v) is 7.15. The van der Waals surface area contributed by atoms with E-state index in [1.807, 2.05) is 0 Å². The molecule has 0 radical (unpaired) electrons. The molecule has 13 heavy (non-hydrogen) atoms. The van der Waals surface area contributed by atoms with Gasteiger partial charge in [-0.2, -0.15) is 0 Å². The minimum absolute atomic E-state index is 0.0782. The average Bonchev–Trinajstić information content (AvgIpc) is 2.10. The maximum absolute atomic E-state index is 11.1. The van der Waals surface area contributed by atoms with Crippen LogP contribution in [-0.4, -0.2) is 22.7 Å². The summed E-state index contributed by atoms with van der Waals surface area (Å²) in [5.41, 5.74) is 5.38. The molecule has 1 rings (SSSR count). The first-order valence-corrected chi connectivity index (χ1v) is 3.77. The molecule has 5 heteroatoms. The Bertz CT molecular complexity index is 325. The first kappa shape index (κ1) is 9.31. The average molecular weight is 182 g/mol. The molecular formula is C8H10N2O3. The van der Waals surface area contributed by atoms with Gasteiger partial charge in [0.15, 0.2) is 17.3 Å². The third-order valence-electron chi connectivity index (χ3n) is 1.39. The summed E-state index contributed by atoms with van der Waals surface area (Å²) in [7, 11) is 0. The molecule has 0 fully saturated rings. The van der Waals surface area contributed by atoms with E-state index in [9.17, 15) is 4.79 Å². The highest BCUT2D eigenvalue weighted by Crippen LogP contribution is 2.16. The fraction of sp³-hybridized carbons (Fsp3) is 0.250. The maximum Gasteiger partial charge on any atom is 0.357 e. The van der Waals surface area contributed by atoms with Crippen LogP contribution in [0.3, 0.4) is 0 Å². The number of aromatic hydroxyl groups is 1. The third-order valence-corrected chi connectivity index (χ3v) is 1.39. The number of ether oxygens (including phenoxy) is 1. The summed E-state index contributed by atoms with van der Waals surface area (Å²) in [4.78, 5) is 14.7. The number of hydrogen-bond acceptors (Lipinski definition) is 5. The molecule has 3 N–H and O–H groups in total. The molecule has 0 atom stereocenters. The Balaban J connectivity index is 2.90. The van der Waals surface area contributed by atoms with Crippen molar-refractivity contribution < 1.29 is 14.6 Å². The Morgan fingerprint density at radius 2 is 2.38 bits per heavy atom. The minimum atomic E-state index is -0.547. The summed E-state index contributed by atoms with van der Waals surface area (Å²) in [6, 6.07) is 2.65. The van der Waals surface area contributed by atoms with Crippen LogP contribution < -0.4 is 5.73 Å². The van der Waals surface area contributed by atoms with Crippen molar-refractivity contribution in [1.29, 1.82) is 0 Å². The number of aromatic nitrogens is 1. The van der Waals surface area contributed by atoms with E-state index in [2.05, 4.69) is 9.72 Å². The van der Waals surface area contributed by atoms with Crippen molar-refractivity contribution in [3.05, 3.63) is 17.8 Å². The Morgan fingerprint density at radius 3 is 2.92 bits per heavy atom. The molecule has 0 aliphatic rings. The number of carbonyl (C=O) groups excluding carboxylic acids is 1. The van der Waals surface area contributed by atoms with E-state index in [1.165, 1.54) is 12.1 Å². The first-order chi connectivity index (χ1) is 6.15. The third kappa shape index (κ3) is 2.08. The van der Waals surface area contributed by atoms with E-state index in [-0.39, 0.29) is 23.9 Å². The molecule has 0 aromatic carbocycles. The van der Waals surface area contributed by atoms with Gasteiger partial charge in [0.1, 0.15) is 0 Å². The largest absolute Gasteiger partial charge is 0.504 e. The fourth-order valence-electron chi connectivity index (χ4n) is 0.786. The van der Waals surface area contributed by atoms with Gasteiger partial charge in [0.2, 0.25) is 0 Å². The molecule has 0 bridgehead atoms. The normalized spacial score (nSPS) is 9.62. The number of carbonyl (C=O) groups is 1. The van der Waals surface area contributed by atoms with Gasteiger partial charge >= 0.3 is 5.97 Å². The Labute approximate surface area is 75.2 Å². The Kier molecular flexibility index (Phi) is 2.69. The van der Waals surface area contributed by atoms with Crippen LogP contribution >= 0.6 is 0 Å². The molecule has 1 aromatic heterocycles. The highest BCUT2D eigenvalue weighted by Gasteiger charge is 2.09. The SMILES string of the molecule is CCOC(=O)c1ccc(O)c(N)n1. The zero-order valence-electron chi connectivity index (χ0n) is 7.15. The van der Waals surface area contributed by atoms with Gasteiger partial charge in [0.05, 0.1) is 6.61 Å². The van der Waals surface area contributed by atoms with E-state index in [0.29, 0.717) is 0 Å². The Hall–Kier alpha value is -1.78. The highest BCUT2D eigenvalue weighted by atomic mass is 16.5. The van der Waals surface area contributed by atoms with Gasteiger partial charge < -0.3 is 15.6 Å². The van der Waals surface area contributed by atoms with Crippen LogP contribution in [-0.2, 0) is 4.74 Å². The molecule has 0 saturated carbocycles. The van der Waals surface area contributed by atoms with Crippen LogP contribution in [0.2, 0.25) is 0 Å². The van der Waals surface area contributed by atoms with E-state index < -0.39 is 5.97 Å². The lowest BCUT2D eigenvalue weighted by molar-refractivity contribution is 0.0519. The van der Waals surface area contributed by atoms with Gasteiger partial charge in [-0.05, 0) is 19.1 Å². The van der Waals surface area contributed by atoms with Crippen molar-refractivity contribution in [3.8, 4) is 5.75 Å². The molecule has 70 valence electrons. The molecule has 0 unspecified atom stereocenters. The van der Waals surface area contributed by atoms with Crippen molar-refractivity contribution in [2.45, 2.75) is 6.92 Å². The van der Waals surface area contributed by atoms with Crippen LogP contribution in [0.5, 0.6) is 5.75 Å². The van der Waals surface area contributed by atoms with Crippen molar-refractivity contribution in [3.63, 3.8) is 0 Å². The number of anilines is 1. The molecule has 0 aliphatic heterocycles. The van der Waals surface area contributed by atoms with Crippen molar-refractivity contribution in [2.24, 2.45) is 0 Å². The summed E-state index contributed by atoms with van der Waals surface area (Å²) in [6.07, 6.45) is 0. The van der Waals surface area contributed by atoms with Crippen LogP contribution in [0.25, 0.3) is 0 Å². The fourth-order valence-corrected chi connectivity index (χ4v) is 0.786. The van der Waals surface area contributed by atoms with Gasteiger partial charge in [0, 0.05) is 0 Å². The summed E-state index contributed by atoms with van der Waals surface area (Å²) in [5, 5.41) is 9.02. The lowest BCUT2D eigenvalue weighted by Gasteiger charge is -2.02. The van der Waals surface area contributed by atoms with E-state index in [4.69, 9.17) is 10.8 Å². The molecule has 0 saturated heterocycles. The number of nitrogens with zero attached hydrogens (tertiary/aromatic N) is 1. The number of hydrogen-bond donors (Lipinski definition) is 2. The highest BCUT2D eigenvalue weighted by molar-refractivity contribution is 5.87. The zero-order chi connectivity index (χ0) is 9.84.